The second-order valence-corrected chi connectivity index (χ2v) is 7.75. The molecule has 3 rings (SSSR count). The minimum Gasteiger partial charge on any atom is -0.492 e. The maximum Gasteiger partial charge on any atom is 0.407 e. The number of rotatable bonds is 6. The topological polar surface area (TPSA) is 50.6 Å². The van der Waals surface area contributed by atoms with Gasteiger partial charge in [-0.1, -0.05) is 18.6 Å². The predicted molar refractivity (Wildman–Crippen MR) is 93.1 cm³/mol. The summed E-state index contributed by atoms with van der Waals surface area (Å²) in [4.78, 5) is 14.2. The lowest BCUT2D eigenvalue weighted by Gasteiger charge is -2.27. The molecule has 1 aliphatic heterocycles. The van der Waals surface area contributed by atoms with E-state index in [1.54, 1.807) is 0 Å². The number of hydrogen-bond acceptors (Lipinski definition) is 4. The van der Waals surface area contributed by atoms with Crippen LogP contribution in [0.25, 0.3) is 0 Å². The average molecular weight is 332 g/mol. The Bertz CT molecular complexity index is 578. The van der Waals surface area contributed by atoms with E-state index in [0.717, 1.165) is 24.0 Å². The van der Waals surface area contributed by atoms with Gasteiger partial charge in [0.05, 0.1) is 6.04 Å². The molecule has 2 unspecified atom stereocenters. The van der Waals surface area contributed by atoms with Gasteiger partial charge in [-0.05, 0) is 51.3 Å². The van der Waals surface area contributed by atoms with E-state index in [9.17, 15) is 4.79 Å². The largest absolute Gasteiger partial charge is 0.492 e. The number of carbonyl (C=O) groups is 1. The highest BCUT2D eigenvalue weighted by atomic mass is 16.6. The third kappa shape index (κ3) is 4.87. The number of alkyl carbamates (subject to hydrolysis) is 1. The van der Waals surface area contributed by atoms with Gasteiger partial charge >= 0.3 is 6.09 Å². The predicted octanol–water partition coefficient (Wildman–Crippen LogP) is 3.33. The smallest absolute Gasteiger partial charge is 0.407 e. The number of carbonyl (C=O) groups excluding carboxylic acids is 1. The van der Waals surface area contributed by atoms with Crippen molar-refractivity contribution >= 4 is 6.09 Å². The van der Waals surface area contributed by atoms with Gasteiger partial charge in [-0.3, -0.25) is 4.90 Å². The van der Waals surface area contributed by atoms with Crippen LogP contribution in [0.5, 0.6) is 5.75 Å². The van der Waals surface area contributed by atoms with Gasteiger partial charge in [-0.2, -0.15) is 0 Å². The van der Waals surface area contributed by atoms with Gasteiger partial charge in [0.15, 0.2) is 0 Å². The quantitative estimate of drug-likeness (QED) is 0.812. The fourth-order valence-corrected chi connectivity index (χ4v) is 2.94. The first-order valence-electron chi connectivity index (χ1n) is 8.85. The van der Waals surface area contributed by atoms with Crippen molar-refractivity contribution in [2.45, 2.75) is 64.3 Å². The SMILES string of the molecule is CC(C)(C)OC(=O)NCc1cccc(OCC2CN2C2CCC2)c1. The van der Waals surface area contributed by atoms with Gasteiger partial charge in [0.25, 0.3) is 0 Å². The molecular weight excluding hydrogens is 304 g/mol. The van der Waals surface area contributed by atoms with Crippen LogP contribution in [0.4, 0.5) is 4.79 Å². The number of benzene rings is 1. The zero-order valence-electron chi connectivity index (χ0n) is 14.9. The van der Waals surface area contributed by atoms with Gasteiger partial charge in [0.2, 0.25) is 0 Å². The van der Waals surface area contributed by atoms with Crippen molar-refractivity contribution in [3.05, 3.63) is 29.8 Å². The third-order valence-corrected chi connectivity index (χ3v) is 4.48. The number of nitrogens with zero attached hydrogens (tertiary/aromatic N) is 1. The molecule has 1 N–H and O–H groups in total. The number of amides is 1. The summed E-state index contributed by atoms with van der Waals surface area (Å²) in [5.74, 6) is 0.860. The highest BCUT2D eigenvalue weighted by Gasteiger charge is 2.42. The maximum absolute atomic E-state index is 11.7. The minimum absolute atomic E-state index is 0.400. The summed E-state index contributed by atoms with van der Waals surface area (Å²) >= 11 is 0. The lowest BCUT2D eigenvalue weighted by molar-refractivity contribution is 0.0523. The Kier molecular flexibility index (Phi) is 4.99. The van der Waals surface area contributed by atoms with Gasteiger partial charge in [0, 0.05) is 19.1 Å². The molecule has 0 aromatic heterocycles. The van der Waals surface area contributed by atoms with Crippen molar-refractivity contribution in [1.82, 2.24) is 10.2 Å². The Hall–Kier alpha value is -1.75. The molecule has 1 saturated heterocycles. The van der Waals surface area contributed by atoms with Crippen LogP contribution < -0.4 is 10.1 Å². The lowest BCUT2D eigenvalue weighted by atomic mass is 9.93. The van der Waals surface area contributed by atoms with E-state index in [2.05, 4.69) is 10.2 Å². The molecule has 132 valence electrons. The molecule has 1 saturated carbocycles. The highest BCUT2D eigenvalue weighted by Crippen LogP contribution is 2.33. The molecule has 2 atom stereocenters. The van der Waals surface area contributed by atoms with Crippen molar-refractivity contribution in [3.63, 3.8) is 0 Å². The zero-order valence-corrected chi connectivity index (χ0v) is 14.9. The Morgan fingerprint density at radius 2 is 2.12 bits per heavy atom. The Balaban J connectivity index is 1.41. The summed E-state index contributed by atoms with van der Waals surface area (Å²) in [5.41, 5.74) is 0.524. The van der Waals surface area contributed by atoms with Crippen LogP contribution in [0.1, 0.15) is 45.6 Å². The first kappa shape index (κ1) is 17.1. The number of hydrogen-bond donors (Lipinski definition) is 1. The van der Waals surface area contributed by atoms with Crippen molar-refractivity contribution in [3.8, 4) is 5.75 Å². The molecule has 0 radical (unpaired) electrons. The minimum atomic E-state index is -0.481. The highest BCUT2D eigenvalue weighted by molar-refractivity contribution is 5.67. The van der Waals surface area contributed by atoms with Crippen LogP contribution in [0.3, 0.4) is 0 Å². The van der Waals surface area contributed by atoms with E-state index < -0.39 is 11.7 Å². The molecular formula is C19H28N2O3. The fourth-order valence-electron chi connectivity index (χ4n) is 2.94. The lowest BCUT2D eigenvalue weighted by Crippen LogP contribution is -2.32. The van der Waals surface area contributed by atoms with Crippen molar-refractivity contribution in [2.75, 3.05) is 13.2 Å². The molecule has 1 amide bonds. The normalized spacial score (nSPS) is 23.3. The van der Waals surface area contributed by atoms with E-state index in [4.69, 9.17) is 9.47 Å². The monoisotopic (exact) mass is 332 g/mol. The van der Waals surface area contributed by atoms with Crippen molar-refractivity contribution in [2.24, 2.45) is 0 Å². The van der Waals surface area contributed by atoms with Crippen molar-refractivity contribution in [1.29, 1.82) is 0 Å². The fraction of sp³-hybridized carbons (Fsp3) is 0.632. The summed E-state index contributed by atoms with van der Waals surface area (Å²) in [6.07, 6.45) is 3.68. The maximum atomic E-state index is 11.7. The van der Waals surface area contributed by atoms with Gasteiger partial charge < -0.3 is 14.8 Å². The van der Waals surface area contributed by atoms with Crippen molar-refractivity contribution < 1.29 is 14.3 Å². The molecule has 1 aliphatic carbocycles. The number of ether oxygens (including phenoxy) is 2. The Labute approximate surface area is 144 Å². The Morgan fingerprint density at radius 3 is 2.79 bits per heavy atom. The summed E-state index contributed by atoms with van der Waals surface area (Å²) < 4.78 is 11.2. The van der Waals surface area contributed by atoms with Crippen LogP contribution in [0, 0.1) is 0 Å². The molecule has 1 aromatic rings. The van der Waals surface area contributed by atoms with E-state index in [0.29, 0.717) is 12.6 Å². The van der Waals surface area contributed by atoms with Crippen LogP contribution in [-0.4, -0.2) is 41.8 Å². The first-order chi connectivity index (χ1) is 11.4. The van der Waals surface area contributed by atoms with E-state index in [1.165, 1.54) is 25.8 Å². The van der Waals surface area contributed by atoms with E-state index in [1.807, 2.05) is 45.0 Å². The van der Waals surface area contributed by atoms with Gasteiger partial charge in [0.1, 0.15) is 18.0 Å². The molecule has 1 aromatic carbocycles. The van der Waals surface area contributed by atoms with Gasteiger partial charge in [-0.25, -0.2) is 4.79 Å². The molecule has 1 heterocycles. The summed E-state index contributed by atoms with van der Waals surface area (Å²) in [6.45, 7) is 7.91. The van der Waals surface area contributed by atoms with E-state index >= 15 is 0 Å². The van der Waals surface area contributed by atoms with Gasteiger partial charge in [-0.15, -0.1) is 0 Å². The second-order valence-electron chi connectivity index (χ2n) is 7.75. The Morgan fingerprint density at radius 1 is 1.33 bits per heavy atom. The van der Waals surface area contributed by atoms with Crippen LogP contribution in [-0.2, 0) is 11.3 Å². The summed E-state index contributed by atoms with van der Waals surface area (Å²) in [5, 5.41) is 2.77. The molecule has 5 nitrogen and oxygen atoms in total. The molecule has 0 bridgehead atoms. The van der Waals surface area contributed by atoms with E-state index in [-0.39, 0.29) is 0 Å². The molecule has 24 heavy (non-hydrogen) atoms. The van der Waals surface area contributed by atoms with Crippen LogP contribution in [0.2, 0.25) is 0 Å². The molecule has 0 spiro atoms. The second kappa shape index (κ2) is 7.01. The molecule has 5 heteroatoms. The average Bonchev–Trinajstić information content (AvgIpc) is 3.19. The standard InChI is InChI=1S/C19H28N2O3/c1-19(2,3)24-18(22)20-11-14-6-4-9-17(10-14)23-13-16-12-21(16)15-7-5-8-15/h4,6,9-10,15-16H,5,7-8,11-13H2,1-3H3,(H,20,22). The first-order valence-corrected chi connectivity index (χ1v) is 8.85. The zero-order chi connectivity index (χ0) is 17.2. The summed E-state index contributed by atoms with van der Waals surface area (Å²) in [7, 11) is 0. The summed E-state index contributed by atoms with van der Waals surface area (Å²) in [6, 6.07) is 9.27. The van der Waals surface area contributed by atoms with Crippen LogP contribution >= 0.6 is 0 Å². The molecule has 2 aliphatic rings. The molecule has 2 fully saturated rings. The third-order valence-electron chi connectivity index (χ3n) is 4.48. The van der Waals surface area contributed by atoms with Crippen LogP contribution in [0.15, 0.2) is 24.3 Å². The number of nitrogens with one attached hydrogen (secondary N) is 1.